The largest absolute Gasteiger partial charge is 0.490 e. The van der Waals surface area contributed by atoms with Gasteiger partial charge in [-0.2, -0.15) is 0 Å². The summed E-state index contributed by atoms with van der Waals surface area (Å²) in [5.74, 6) is 1.42. The number of para-hydroxylation sites is 1. The second-order valence-corrected chi connectivity index (χ2v) is 9.82. The Balaban J connectivity index is 1.32. The first-order chi connectivity index (χ1) is 16.5. The fourth-order valence-electron chi connectivity index (χ4n) is 5.52. The smallest absolute Gasteiger partial charge is 0.123 e. The Morgan fingerprint density at radius 3 is 2.47 bits per heavy atom. The number of fused-ring (bicyclic) bond motifs is 2. The molecule has 0 spiro atoms. The van der Waals surface area contributed by atoms with Gasteiger partial charge >= 0.3 is 0 Å². The Hall–Kier alpha value is -3.10. The molecular weight excluding hydrogens is 414 g/mol. The van der Waals surface area contributed by atoms with Gasteiger partial charge in [0.1, 0.15) is 11.9 Å². The number of hydrogen-bond acceptors (Lipinski definition) is 2. The van der Waals surface area contributed by atoms with E-state index in [1.165, 1.54) is 44.2 Å². The lowest BCUT2D eigenvalue weighted by molar-refractivity contribution is 0.154. The number of benzene rings is 4. The van der Waals surface area contributed by atoms with Gasteiger partial charge in [0.2, 0.25) is 0 Å². The second kappa shape index (κ2) is 9.64. The molecule has 0 aromatic heterocycles. The molecule has 0 aliphatic carbocycles. The van der Waals surface area contributed by atoms with Crippen molar-refractivity contribution >= 4 is 10.8 Å². The van der Waals surface area contributed by atoms with Crippen molar-refractivity contribution in [3.05, 3.63) is 112 Å². The third kappa shape index (κ3) is 4.35. The van der Waals surface area contributed by atoms with Crippen LogP contribution in [0.2, 0.25) is 0 Å². The summed E-state index contributed by atoms with van der Waals surface area (Å²) in [6.45, 7) is 9.92. The van der Waals surface area contributed by atoms with Gasteiger partial charge in [0.25, 0.3) is 0 Å². The Labute approximate surface area is 204 Å². The summed E-state index contributed by atoms with van der Waals surface area (Å²) in [5.41, 5.74) is 8.32. The van der Waals surface area contributed by atoms with E-state index in [-0.39, 0.29) is 6.10 Å². The van der Waals surface area contributed by atoms with E-state index in [0.29, 0.717) is 12.0 Å². The molecule has 3 atom stereocenters. The lowest BCUT2D eigenvalue weighted by Gasteiger charge is -2.34. The van der Waals surface area contributed by atoms with Crippen LogP contribution in [-0.4, -0.2) is 12.6 Å². The number of rotatable bonds is 6. The molecule has 0 saturated carbocycles. The van der Waals surface area contributed by atoms with Crippen LogP contribution in [0.15, 0.2) is 78.9 Å². The normalized spacial score (nSPS) is 18.4. The van der Waals surface area contributed by atoms with Crippen molar-refractivity contribution in [1.82, 2.24) is 5.32 Å². The predicted octanol–water partition coefficient (Wildman–Crippen LogP) is 7.79. The molecule has 3 unspecified atom stereocenters. The van der Waals surface area contributed by atoms with E-state index in [2.05, 4.69) is 112 Å². The highest BCUT2D eigenvalue weighted by atomic mass is 16.5. The molecule has 34 heavy (non-hydrogen) atoms. The zero-order chi connectivity index (χ0) is 23.7. The molecule has 4 aromatic carbocycles. The summed E-state index contributed by atoms with van der Waals surface area (Å²) in [5, 5.41) is 6.40. The minimum absolute atomic E-state index is 0.202. The van der Waals surface area contributed by atoms with Crippen molar-refractivity contribution in [3.8, 4) is 5.75 Å². The van der Waals surface area contributed by atoms with E-state index >= 15 is 0 Å². The maximum absolute atomic E-state index is 6.50. The maximum atomic E-state index is 6.50. The first-order valence-electron chi connectivity index (χ1n) is 12.6. The minimum atomic E-state index is 0.202. The molecule has 1 aliphatic rings. The van der Waals surface area contributed by atoms with Crippen LogP contribution < -0.4 is 10.1 Å². The maximum Gasteiger partial charge on any atom is 0.123 e. The standard InChI is InChI=1S/C32H35NO/c1-21-16-17-27(23(3)22(21)2)31-20-26(34-32-15-8-7-13-30(31)32)18-19-33-24(4)28-14-9-11-25-10-5-6-12-29(25)28/h5-17,24,26,31,33H,18-20H2,1-4H3. The first kappa shape index (κ1) is 22.7. The number of ether oxygens (including phenoxy) is 1. The molecule has 2 heteroatoms. The average Bonchev–Trinajstić information content (AvgIpc) is 2.86. The molecule has 1 N–H and O–H groups in total. The van der Waals surface area contributed by atoms with Gasteiger partial charge in [-0.25, -0.2) is 0 Å². The molecule has 4 aromatic rings. The molecule has 174 valence electrons. The van der Waals surface area contributed by atoms with Gasteiger partial charge in [-0.1, -0.05) is 72.8 Å². The summed E-state index contributed by atoms with van der Waals surface area (Å²) in [4.78, 5) is 0. The fraction of sp³-hybridized carbons (Fsp3) is 0.312. The molecule has 1 aliphatic heterocycles. The molecule has 5 rings (SSSR count). The molecule has 0 fully saturated rings. The van der Waals surface area contributed by atoms with Crippen LogP contribution in [0.25, 0.3) is 10.8 Å². The van der Waals surface area contributed by atoms with Crippen LogP contribution >= 0.6 is 0 Å². The zero-order valence-corrected chi connectivity index (χ0v) is 20.8. The van der Waals surface area contributed by atoms with E-state index < -0.39 is 0 Å². The fourth-order valence-corrected chi connectivity index (χ4v) is 5.52. The van der Waals surface area contributed by atoms with Crippen molar-refractivity contribution in [2.75, 3.05) is 6.54 Å². The molecule has 0 amide bonds. The van der Waals surface area contributed by atoms with Crippen molar-refractivity contribution in [3.63, 3.8) is 0 Å². The topological polar surface area (TPSA) is 21.3 Å². The number of nitrogens with one attached hydrogen (secondary N) is 1. The van der Waals surface area contributed by atoms with Crippen LogP contribution in [0.3, 0.4) is 0 Å². The van der Waals surface area contributed by atoms with E-state index in [1.807, 2.05) is 0 Å². The van der Waals surface area contributed by atoms with Crippen molar-refractivity contribution in [2.24, 2.45) is 0 Å². The highest BCUT2D eigenvalue weighted by Crippen LogP contribution is 2.42. The average molecular weight is 450 g/mol. The zero-order valence-electron chi connectivity index (χ0n) is 20.8. The summed E-state index contributed by atoms with van der Waals surface area (Å²) in [6.07, 6.45) is 2.21. The Morgan fingerprint density at radius 1 is 0.824 bits per heavy atom. The lowest BCUT2D eigenvalue weighted by atomic mass is 9.80. The van der Waals surface area contributed by atoms with Gasteiger partial charge in [0.05, 0.1) is 0 Å². The summed E-state index contributed by atoms with van der Waals surface area (Å²) >= 11 is 0. The monoisotopic (exact) mass is 449 g/mol. The van der Waals surface area contributed by atoms with E-state index in [9.17, 15) is 0 Å². The third-order valence-electron chi connectivity index (χ3n) is 7.77. The molecule has 0 bridgehead atoms. The number of hydrogen-bond donors (Lipinski definition) is 1. The Kier molecular flexibility index (Phi) is 6.43. The van der Waals surface area contributed by atoms with Crippen LogP contribution in [-0.2, 0) is 0 Å². The molecule has 2 nitrogen and oxygen atoms in total. The summed E-state index contributed by atoms with van der Waals surface area (Å²) in [7, 11) is 0. The van der Waals surface area contributed by atoms with Gasteiger partial charge in [0, 0.05) is 17.5 Å². The second-order valence-electron chi connectivity index (χ2n) is 9.82. The lowest BCUT2D eigenvalue weighted by Crippen LogP contribution is -2.31. The molecular formula is C32H35NO. The van der Waals surface area contributed by atoms with E-state index in [4.69, 9.17) is 4.74 Å². The highest BCUT2D eigenvalue weighted by molar-refractivity contribution is 5.86. The van der Waals surface area contributed by atoms with Gasteiger partial charge in [0.15, 0.2) is 0 Å². The van der Waals surface area contributed by atoms with Gasteiger partial charge < -0.3 is 10.1 Å². The van der Waals surface area contributed by atoms with Crippen LogP contribution in [0.4, 0.5) is 0 Å². The predicted molar refractivity (Wildman–Crippen MR) is 143 cm³/mol. The van der Waals surface area contributed by atoms with Crippen LogP contribution in [0.1, 0.15) is 65.1 Å². The van der Waals surface area contributed by atoms with Crippen LogP contribution in [0, 0.1) is 20.8 Å². The molecule has 0 saturated heterocycles. The van der Waals surface area contributed by atoms with E-state index in [1.54, 1.807) is 0 Å². The summed E-state index contributed by atoms with van der Waals surface area (Å²) in [6, 6.07) is 28.7. The Bertz CT molecular complexity index is 1300. The molecule has 1 heterocycles. The van der Waals surface area contributed by atoms with Crippen molar-refractivity contribution in [2.45, 2.75) is 58.6 Å². The molecule has 0 radical (unpaired) electrons. The van der Waals surface area contributed by atoms with Crippen molar-refractivity contribution in [1.29, 1.82) is 0 Å². The minimum Gasteiger partial charge on any atom is -0.490 e. The quantitative estimate of drug-likeness (QED) is 0.324. The Morgan fingerprint density at radius 2 is 1.59 bits per heavy atom. The summed E-state index contributed by atoms with van der Waals surface area (Å²) < 4.78 is 6.50. The number of aryl methyl sites for hydroxylation is 1. The van der Waals surface area contributed by atoms with Gasteiger partial charge in [-0.05, 0) is 91.7 Å². The van der Waals surface area contributed by atoms with Gasteiger partial charge in [-0.3, -0.25) is 0 Å². The van der Waals surface area contributed by atoms with Gasteiger partial charge in [-0.15, -0.1) is 0 Å². The van der Waals surface area contributed by atoms with Crippen LogP contribution in [0.5, 0.6) is 5.75 Å². The SMILES string of the molecule is Cc1ccc(C2CC(CCNC(C)c3cccc4ccccc34)Oc3ccccc32)c(C)c1C. The van der Waals surface area contributed by atoms with Crippen molar-refractivity contribution < 1.29 is 4.74 Å². The van der Waals surface area contributed by atoms with E-state index in [0.717, 1.165) is 25.1 Å². The highest BCUT2D eigenvalue weighted by Gasteiger charge is 2.30. The first-order valence-corrected chi connectivity index (χ1v) is 12.6. The third-order valence-corrected chi connectivity index (χ3v) is 7.77.